The van der Waals surface area contributed by atoms with E-state index in [2.05, 4.69) is 29.7 Å². The topological polar surface area (TPSA) is 74.6 Å². The van der Waals surface area contributed by atoms with Crippen LogP contribution in [0.1, 0.15) is 47.6 Å². The molecule has 0 aromatic carbocycles. The minimum atomic E-state index is -0.392. The van der Waals surface area contributed by atoms with Crippen molar-refractivity contribution in [2.75, 3.05) is 6.54 Å². The molecule has 0 radical (unpaired) electrons. The van der Waals surface area contributed by atoms with Crippen molar-refractivity contribution in [3.05, 3.63) is 46.0 Å². The molecule has 3 rings (SSSR count). The molecule has 2 N–H and O–H groups in total. The summed E-state index contributed by atoms with van der Waals surface area (Å²) in [5, 5.41) is 5.39. The number of hydrogen-bond acceptors (Lipinski definition) is 5. The summed E-state index contributed by atoms with van der Waals surface area (Å²) in [5.41, 5.74) is 0. The average molecular weight is 390 g/mol. The van der Waals surface area contributed by atoms with Gasteiger partial charge in [0.2, 0.25) is 5.91 Å². The van der Waals surface area contributed by atoms with Crippen molar-refractivity contribution in [3.63, 3.8) is 0 Å². The Balaban J connectivity index is 1.53. The molecule has 1 fully saturated rings. The predicted molar refractivity (Wildman–Crippen MR) is 105 cm³/mol. The van der Waals surface area contributed by atoms with Crippen molar-refractivity contribution in [2.24, 2.45) is 0 Å². The van der Waals surface area contributed by atoms with Gasteiger partial charge in [-0.25, -0.2) is 4.79 Å². The van der Waals surface area contributed by atoms with Crippen LogP contribution in [-0.2, 0) is 17.9 Å². The standard InChI is InChI=1S/C20H27N3O3S/c1-15-9-10-18(27-15)13-23(12-17-8-5-11-26-17)14-19(24)22-20(25)21-16-6-3-2-4-7-16/h5,8-11,16H,2-4,6-7,12-14H2,1H3,(H2,21,22,24,25). The monoisotopic (exact) mass is 389 g/mol. The third-order valence-electron chi connectivity index (χ3n) is 4.70. The van der Waals surface area contributed by atoms with E-state index in [1.807, 2.05) is 17.0 Å². The molecule has 0 bridgehead atoms. The Kier molecular flexibility index (Phi) is 7.06. The van der Waals surface area contributed by atoms with Gasteiger partial charge in [-0.1, -0.05) is 19.3 Å². The Bertz CT molecular complexity index is 736. The third kappa shape index (κ3) is 6.52. The number of urea groups is 1. The Morgan fingerprint density at radius 2 is 2.00 bits per heavy atom. The van der Waals surface area contributed by atoms with E-state index in [0.29, 0.717) is 13.1 Å². The Morgan fingerprint density at radius 3 is 2.67 bits per heavy atom. The van der Waals surface area contributed by atoms with Gasteiger partial charge in [0, 0.05) is 22.3 Å². The predicted octanol–water partition coefficient (Wildman–Crippen LogP) is 3.81. The van der Waals surface area contributed by atoms with Crippen LogP contribution in [0.4, 0.5) is 4.79 Å². The van der Waals surface area contributed by atoms with E-state index < -0.39 is 6.03 Å². The highest BCUT2D eigenvalue weighted by Gasteiger charge is 2.19. The normalized spacial score (nSPS) is 15.0. The number of aryl methyl sites for hydroxylation is 1. The molecular weight excluding hydrogens is 362 g/mol. The molecule has 2 heterocycles. The number of nitrogens with one attached hydrogen (secondary N) is 2. The maximum absolute atomic E-state index is 12.4. The number of rotatable bonds is 7. The fourth-order valence-corrected chi connectivity index (χ4v) is 4.35. The van der Waals surface area contributed by atoms with E-state index in [4.69, 9.17) is 4.42 Å². The van der Waals surface area contributed by atoms with Crippen LogP contribution in [-0.4, -0.2) is 29.4 Å². The van der Waals surface area contributed by atoms with Gasteiger partial charge >= 0.3 is 6.03 Å². The molecule has 3 amide bonds. The first-order valence-electron chi connectivity index (χ1n) is 9.49. The smallest absolute Gasteiger partial charge is 0.321 e. The zero-order valence-corrected chi connectivity index (χ0v) is 16.5. The Labute approximate surface area is 163 Å². The van der Waals surface area contributed by atoms with Gasteiger partial charge in [0.1, 0.15) is 5.76 Å². The van der Waals surface area contributed by atoms with Crippen molar-refractivity contribution in [3.8, 4) is 0 Å². The lowest BCUT2D eigenvalue weighted by atomic mass is 9.96. The number of furan rings is 1. The molecule has 27 heavy (non-hydrogen) atoms. The van der Waals surface area contributed by atoms with Crippen LogP contribution in [0.2, 0.25) is 0 Å². The summed E-state index contributed by atoms with van der Waals surface area (Å²) in [7, 11) is 0. The number of carbonyl (C=O) groups excluding carboxylic acids is 2. The molecule has 2 aromatic rings. The highest BCUT2D eigenvalue weighted by molar-refractivity contribution is 7.11. The van der Waals surface area contributed by atoms with E-state index in [0.717, 1.165) is 31.4 Å². The first-order chi connectivity index (χ1) is 13.1. The second-order valence-corrected chi connectivity index (χ2v) is 8.47. The van der Waals surface area contributed by atoms with E-state index in [-0.39, 0.29) is 18.5 Å². The number of nitrogens with zero attached hydrogens (tertiary/aromatic N) is 1. The minimum absolute atomic E-state index is 0.135. The van der Waals surface area contributed by atoms with Crippen LogP contribution in [0.3, 0.4) is 0 Å². The fourth-order valence-electron chi connectivity index (χ4n) is 3.42. The lowest BCUT2D eigenvalue weighted by molar-refractivity contribution is -0.121. The summed E-state index contributed by atoms with van der Waals surface area (Å²) in [6.45, 7) is 3.35. The van der Waals surface area contributed by atoms with Gasteiger partial charge in [0.15, 0.2) is 0 Å². The molecule has 1 aliphatic carbocycles. The van der Waals surface area contributed by atoms with E-state index in [1.165, 1.54) is 16.2 Å². The van der Waals surface area contributed by atoms with Crippen molar-refractivity contribution in [1.29, 1.82) is 0 Å². The third-order valence-corrected chi connectivity index (χ3v) is 5.68. The minimum Gasteiger partial charge on any atom is -0.468 e. The van der Waals surface area contributed by atoms with Crippen LogP contribution < -0.4 is 10.6 Å². The second kappa shape index (κ2) is 9.71. The number of hydrogen-bond donors (Lipinski definition) is 2. The lowest BCUT2D eigenvalue weighted by Crippen LogP contribution is -2.47. The molecule has 1 aliphatic rings. The van der Waals surface area contributed by atoms with Gasteiger partial charge in [0.25, 0.3) is 0 Å². The van der Waals surface area contributed by atoms with E-state index in [1.54, 1.807) is 17.6 Å². The molecule has 0 spiro atoms. The summed E-state index contributed by atoms with van der Waals surface area (Å²) in [6, 6.07) is 7.66. The zero-order valence-electron chi connectivity index (χ0n) is 15.7. The van der Waals surface area contributed by atoms with Crippen LogP contribution in [0.25, 0.3) is 0 Å². The van der Waals surface area contributed by atoms with E-state index >= 15 is 0 Å². The summed E-state index contributed by atoms with van der Waals surface area (Å²) >= 11 is 1.71. The fraction of sp³-hybridized carbons (Fsp3) is 0.500. The van der Waals surface area contributed by atoms with Gasteiger partial charge in [-0.15, -0.1) is 11.3 Å². The highest BCUT2D eigenvalue weighted by atomic mass is 32.1. The summed E-state index contributed by atoms with van der Waals surface area (Å²) in [4.78, 5) is 28.9. The number of imide groups is 1. The molecule has 2 aromatic heterocycles. The SMILES string of the molecule is Cc1ccc(CN(CC(=O)NC(=O)NC2CCCCC2)Cc2ccco2)s1. The largest absolute Gasteiger partial charge is 0.468 e. The molecule has 0 saturated heterocycles. The molecule has 0 unspecified atom stereocenters. The van der Waals surface area contributed by atoms with Crippen LogP contribution >= 0.6 is 11.3 Å². The van der Waals surface area contributed by atoms with Gasteiger partial charge in [-0.05, 0) is 44.0 Å². The van der Waals surface area contributed by atoms with Gasteiger partial charge in [-0.3, -0.25) is 15.0 Å². The van der Waals surface area contributed by atoms with Crippen LogP contribution in [0.5, 0.6) is 0 Å². The quantitative estimate of drug-likeness (QED) is 0.755. The van der Waals surface area contributed by atoms with Crippen LogP contribution in [0, 0.1) is 6.92 Å². The first kappa shape index (κ1) is 19.6. The molecule has 7 heteroatoms. The maximum atomic E-state index is 12.4. The Morgan fingerprint density at radius 1 is 1.19 bits per heavy atom. The zero-order chi connectivity index (χ0) is 19.1. The van der Waals surface area contributed by atoms with Gasteiger partial charge in [0.05, 0.1) is 19.4 Å². The molecule has 0 aliphatic heterocycles. The Hall–Kier alpha value is -2.12. The van der Waals surface area contributed by atoms with Gasteiger partial charge < -0.3 is 9.73 Å². The summed E-state index contributed by atoms with van der Waals surface area (Å²) < 4.78 is 5.42. The maximum Gasteiger partial charge on any atom is 0.321 e. The number of carbonyl (C=O) groups is 2. The molecule has 0 atom stereocenters. The number of amides is 3. The molecule has 1 saturated carbocycles. The molecule has 6 nitrogen and oxygen atoms in total. The second-order valence-electron chi connectivity index (χ2n) is 7.09. The average Bonchev–Trinajstić information content (AvgIpc) is 3.27. The highest BCUT2D eigenvalue weighted by Crippen LogP contribution is 2.19. The summed E-state index contributed by atoms with van der Waals surface area (Å²) in [6.07, 6.45) is 7.10. The van der Waals surface area contributed by atoms with Crippen molar-refractivity contribution >= 4 is 23.3 Å². The lowest BCUT2D eigenvalue weighted by Gasteiger charge is -2.23. The summed E-state index contributed by atoms with van der Waals surface area (Å²) in [5.74, 6) is 0.492. The molecular formula is C20H27N3O3S. The molecule has 146 valence electrons. The number of thiophene rings is 1. The van der Waals surface area contributed by atoms with Crippen molar-refractivity contribution in [1.82, 2.24) is 15.5 Å². The van der Waals surface area contributed by atoms with Gasteiger partial charge in [-0.2, -0.15) is 0 Å². The van der Waals surface area contributed by atoms with Crippen molar-refractivity contribution in [2.45, 2.75) is 58.2 Å². The van der Waals surface area contributed by atoms with E-state index in [9.17, 15) is 9.59 Å². The van der Waals surface area contributed by atoms with Crippen LogP contribution in [0.15, 0.2) is 34.9 Å². The first-order valence-corrected chi connectivity index (χ1v) is 10.3. The van der Waals surface area contributed by atoms with Crippen molar-refractivity contribution < 1.29 is 14.0 Å².